The SMILES string of the molecule is CN=C(NCCC(=O)NC1CCCC1)N1CCN(C(=O)c2ccco2)CC1.I. The van der Waals surface area contributed by atoms with Gasteiger partial charge in [-0.05, 0) is 25.0 Å². The maximum Gasteiger partial charge on any atom is 0.289 e. The number of carbonyl (C=O) groups excluding carboxylic acids is 2. The molecule has 8 nitrogen and oxygen atoms in total. The zero-order valence-electron chi connectivity index (χ0n) is 16.4. The molecule has 0 atom stereocenters. The summed E-state index contributed by atoms with van der Waals surface area (Å²) in [6, 6.07) is 3.76. The second kappa shape index (κ2) is 11.3. The maximum absolute atomic E-state index is 12.3. The van der Waals surface area contributed by atoms with Crippen LogP contribution in [0, 0.1) is 0 Å². The summed E-state index contributed by atoms with van der Waals surface area (Å²) in [6.45, 7) is 3.17. The number of nitrogens with zero attached hydrogens (tertiary/aromatic N) is 3. The molecule has 0 bridgehead atoms. The number of carbonyl (C=O) groups is 2. The first kappa shape index (κ1) is 22.5. The molecule has 156 valence electrons. The first-order chi connectivity index (χ1) is 13.2. The maximum atomic E-state index is 12.3. The van der Waals surface area contributed by atoms with Crippen LogP contribution in [0.4, 0.5) is 0 Å². The predicted octanol–water partition coefficient (Wildman–Crippen LogP) is 1.68. The van der Waals surface area contributed by atoms with E-state index in [0.717, 1.165) is 18.8 Å². The van der Waals surface area contributed by atoms with Gasteiger partial charge in [0.05, 0.1) is 6.26 Å². The van der Waals surface area contributed by atoms with E-state index in [0.29, 0.717) is 50.9 Å². The van der Waals surface area contributed by atoms with Crippen molar-refractivity contribution in [3.05, 3.63) is 24.2 Å². The highest BCUT2D eigenvalue weighted by atomic mass is 127. The number of rotatable bonds is 5. The van der Waals surface area contributed by atoms with Crippen LogP contribution in [-0.2, 0) is 4.79 Å². The Hall–Kier alpha value is -1.78. The van der Waals surface area contributed by atoms with E-state index < -0.39 is 0 Å². The number of nitrogens with one attached hydrogen (secondary N) is 2. The van der Waals surface area contributed by atoms with Gasteiger partial charge in [0.25, 0.3) is 5.91 Å². The van der Waals surface area contributed by atoms with Crippen LogP contribution in [-0.4, -0.2) is 73.4 Å². The topological polar surface area (TPSA) is 90.2 Å². The fourth-order valence-corrected chi connectivity index (χ4v) is 3.67. The van der Waals surface area contributed by atoms with Crippen molar-refractivity contribution < 1.29 is 14.0 Å². The molecular weight excluding hydrogens is 473 g/mol. The summed E-state index contributed by atoms with van der Waals surface area (Å²) in [5.41, 5.74) is 0. The zero-order valence-corrected chi connectivity index (χ0v) is 18.7. The summed E-state index contributed by atoms with van der Waals surface area (Å²) in [6.07, 6.45) is 6.57. The van der Waals surface area contributed by atoms with E-state index in [1.165, 1.54) is 19.1 Å². The highest BCUT2D eigenvalue weighted by molar-refractivity contribution is 14.0. The number of guanidine groups is 1. The lowest BCUT2D eigenvalue weighted by molar-refractivity contribution is -0.121. The first-order valence-corrected chi connectivity index (χ1v) is 9.75. The number of hydrogen-bond donors (Lipinski definition) is 2. The minimum Gasteiger partial charge on any atom is -0.459 e. The van der Waals surface area contributed by atoms with E-state index >= 15 is 0 Å². The molecule has 0 radical (unpaired) electrons. The number of amides is 2. The van der Waals surface area contributed by atoms with Crippen LogP contribution in [0.15, 0.2) is 27.8 Å². The number of hydrogen-bond acceptors (Lipinski definition) is 4. The van der Waals surface area contributed by atoms with Crippen molar-refractivity contribution in [2.24, 2.45) is 4.99 Å². The van der Waals surface area contributed by atoms with E-state index in [1.807, 2.05) is 0 Å². The molecule has 2 heterocycles. The molecule has 1 aliphatic heterocycles. The molecule has 0 unspecified atom stereocenters. The Morgan fingerprint density at radius 3 is 2.46 bits per heavy atom. The average molecular weight is 503 g/mol. The summed E-state index contributed by atoms with van der Waals surface area (Å²) < 4.78 is 5.19. The molecule has 1 aromatic heterocycles. The average Bonchev–Trinajstić information content (AvgIpc) is 3.39. The third-order valence-electron chi connectivity index (χ3n) is 5.17. The van der Waals surface area contributed by atoms with Gasteiger partial charge < -0.3 is 24.9 Å². The van der Waals surface area contributed by atoms with E-state index in [1.54, 1.807) is 24.1 Å². The molecule has 1 saturated heterocycles. The second-order valence-electron chi connectivity index (χ2n) is 7.03. The molecular formula is C19H30IN5O3. The molecule has 28 heavy (non-hydrogen) atoms. The molecule has 2 amide bonds. The molecule has 2 fully saturated rings. The highest BCUT2D eigenvalue weighted by Gasteiger charge is 2.25. The van der Waals surface area contributed by atoms with Gasteiger partial charge in [-0.1, -0.05) is 12.8 Å². The summed E-state index contributed by atoms with van der Waals surface area (Å²) in [5, 5.41) is 6.36. The van der Waals surface area contributed by atoms with Gasteiger partial charge in [-0.2, -0.15) is 0 Å². The van der Waals surface area contributed by atoms with Crippen molar-refractivity contribution in [1.82, 2.24) is 20.4 Å². The van der Waals surface area contributed by atoms with Crippen LogP contribution in [0.2, 0.25) is 0 Å². The molecule has 1 saturated carbocycles. The fourth-order valence-electron chi connectivity index (χ4n) is 3.67. The standard InChI is InChI=1S/C19H29N5O3.HI/c1-20-19(21-9-8-17(25)22-15-5-2-3-6-15)24-12-10-23(11-13-24)18(26)16-7-4-14-27-16;/h4,7,14-15H,2-3,5-6,8-13H2,1H3,(H,20,21)(H,22,25);1H. The lowest BCUT2D eigenvalue weighted by Gasteiger charge is -2.36. The molecule has 2 N–H and O–H groups in total. The van der Waals surface area contributed by atoms with Crippen LogP contribution in [0.5, 0.6) is 0 Å². The Balaban J connectivity index is 0.00000280. The van der Waals surface area contributed by atoms with Crippen LogP contribution in [0.3, 0.4) is 0 Å². The Bertz CT molecular complexity index is 651. The summed E-state index contributed by atoms with van der Waals surface area (Å²) in [4.78, 5) is 32.5. The van der Waals surface area contributed by atoms with Crippen molar-refractivity contribution >= 4 is 41.8 Å². The normalized spacial score (nSPS) is 18.0. The minimum atomic E-state index is -0.0776. The molecule has 2 aliphatic rings. The van der Waals surface area contributed by atoms with Gasteiger partial charge in [-0.15, -0.1) is 24.0 Å². The van der Waals surface area contributed by atoms with Crippen LogP contribution in [0.1, 0.15) is 42.7 Å². The molecule has 9 heteroatoms. The van der Waals surface area contributed by atoms with E-state index in [-0.39, 0.29) is 35.8 Å². The van der Waals surface area contributed by atoms with Gasteiger partial charge in [0.15, 0.2) is 11.7 Å². The third-order valence-corrected chi connectivity index (χ3v) is 5.17. The molecule has 0 spiro atoms. The fraction of sp³-hybridized carbons (Fsp3) is 0.632. The monoisotopic (exact) mass is 503 g/mol. The minimum absolute atomic E-state index is 0. The van der Waals surface area contributed by atoms with Gasteiger partial charge in [0.1, 0.15) is 0 Å². The van der Waals surface area contributed by atoms with Gasteiger partial charge in [0, 0.05) is 52.2 Å². The van der Waals surface area contributed by atoms with Gasteiger partial charge in [0.2, 0.25) is 5.91 Å². The van der Waals surface area contributed by atoms with Crippen molar-refractivity contribution in [2.75, 3.05) is 39.8 Å². The summed E-state index contributed by atoms with van der Waals surface area (Å²) in [7, 11) is 1.74. The Morgan fingerprint density at radius 2 is 1.86 bits per heavy atom. The lowest BCUT2D eigenvalue weighted by Crippen LogP contribution is -2.54. The summed E-state index contributed by atoms with van der Waals surface area (Å²) >= 11 is 0. The van der Waals surface area contributed by atoms with Gasteiger partial charge in [-0.25, -0.2) is 0 Å². The quantitative estimate of drug-likeness (QED) is 0.363. The predicted molar refractivity (Wildman–Crippen MR) is 118 cm³/mol. The van der Waals surface area contributed by atoms with Gasteiger partial charge >= 0.3 is 0 Å². The molecule has 3 rings (SSSR count). The first-order valence-electron chi connectivity index (χ1n) is 9.75. The largest absolute Gasteiger partial charge is 0.459 e. The van der Waals surface area contributed by atoms with E-state index in [2.05, 4.69) is 20.5 Å². The number of halogens is 1. The van der Waals surface area contributed by atoms with E-state index in [4.69, 9.17) is 4.42 Å². The van der Waals surface area contributed by atoms with Crippen molar-refractivity contribution in [2.45, 2.75) is 38.1 Å². The third kappa shape index (κ3) is 6.11. The molecule has 1 aromatic rings. The Morgan fingerprint density at radius 1 is 1.18 bits per heavy atom. The van der Waals surface area contributed by atoms with Crippen molar-refractivity contribution in [3.8, 4) is 0 Å². The number of aliphatic imine (C=N–C) groups is 1. The van der Waals surface area contributed by atoms with Crippen molar-refractivity contribution in [1.29, 1.82) is 0 Å². The van der Waals surface area contributed by atoms with E-state index in [9.17, 15) is 9.59 Å². The Kier molecular flexibility index (Phi) is 9.07. The smallest absolute Gasteiger partial charge is 0.289 e. The second-order valence-corrected chi connectivity index (χ2v) is 7.03. The summed E-state index contributed by atoms with van der Waals surface area (Å²) in [5.74, 6) is 1.16. The van der Waals surface area contributed by atoms with Crippen LogP contribution < -0.4 is 10.6 Å². The lowest BCUT2D eigenvalue weighted by atomic mass is 10.2. The molecule has 1 aliphatic carbocycles. The van der Waals surface area contributed by atoms with Crippen LogP contribution in [0.25, 0.3) is 0 Å². The number of furan rings is 1. The van der Waals surface area contributed by atoms with Crippen LogP contribution >= 0.6 is 24.0 Å². The highest BCUT2D eigenvalue weighted by Crippen LogP contribution is 2.17. The van der Waals surface area contributed by atoms with Gasteiger partial charge in [-0.3, -0.25) is 14.6 Å². The number of piperazine rings is 1. The molecule has 0 aromatic carbocycles. The Labute approximate surface area is 183 Å². The van der Waals surface area contributed by atoms with Crippen molar-refractivity contribution in [3.63, 3.8) is 0 Å². The zero-order chi connectivity index (χ0) is 19.1.